The van der Waals surface area contributed by atoms with Crippen molar-refractivity contribution in [1.82, 2.24) is 20.1 Å². The lowest BCUT2D eigenvalue weighted by molar-refractivity contribution is -0.137. The lowest BCUT2D eigenvalue weighted by Gasteiger charge is -2.37. The number of carbonyl (C=O) groups excluding carboxylic acids is 1. The highest BCUT2D eigenvalue weighted by atomic mass is 16.2. The normalized spacial score (nSPS) is 24.0. The SMILES string of the molecule is O=C([C@H]1CCCNC1)N1CCN(Cc2ccccn2)CC1. The van der Waals surface area contributed by atoms with Crippen molar-refractivity contribution in [1.29, 1.82) is 0 Å². The number of piperidine rings is 1. The van der Waals surface area contributed by atoms with E-state index in [1.165, 1.54) is 0 Å². The second kappa shape index (κ2) is 7.00. The largest absolute Gasteiger partial charge is 0.340 e. The van der Waals surface area contributed by atoms with Crippen LogP contribution >= 0.6 is 0 Å². The minimum Gasteiger partial charge on any atom is -0.340 e. The summed E-state index contributed by atoms with van der Waals surface area (Å²) in [5.41, 5.74) is 1.11. The molecule has 0 bridgehead atoms. The summed E-state index contributed by atoms with van der Waals surface area (Å²) in [5, 5.41) is 3.33. The Balaban J connectivity index is 1.47. The fourth-order valence-electron chi connectivity index (χ4n) is 3.17. The zero-order chi connectivity index (χ0) is 14.5. The second-order valence-electron chi connectivity index (χ2n) is 5.97. The van der Waals surface area contributed by atoms with Crippen LogP contribution in [0.3, 0.4) is 0 Å². The summed E-state index contributed by atoms with van der Waals surface area (Å²) in [6.07, 6.45) is 4.00. The van der Waals surface area contributed by atoms with Crippen LogP contribution in [0.1, 0.15) is 18.5 Å². The van der Waals surface area contributed by atoms with Crippen LogP contribution in [0.2, 0.25) is 0 Å². The Morgan fingerprint density at radius 3 is 2.81 bits per heavy atom. The van der Waals surface area contributed by atoms with Crippen LogP contribution < -0.4 is 5.32 Å². The standard InChI is InChI=1S/C16H24N4O/c21-16(14-4-3-6-17-12-14)20-10-8-19(9-11-20)13-15-5-1-2-7-18-15/h1-2,5,7,14,17H,3-4,6,8-13H2/t14-/m0/s1. The van der Waals surface area contributed by atoms with Crippen molar-refractivity contribution < 1.29 is 4.79 Å². The van der Waals surface area contributed by atoms with E-state index in [1.54, 1.807) is 0 Å². The van der Waals surface area contributed by atoms with E-state index >= 15 is 0 Å². The lowest BCUT2D eigenvalue weighted by Crippen LogP contribution is -2.51. The highest BCUT2D eigenvalue weighted by Crippen LogP contribution is 2.15. The van der Waals surface area contributed by atoms with Crippen LogP contribution in [0.15, 0.2) is 24.4 Å². The summed E-state index contributed by atoms with van der Waals surface area (Å²) in [6.45, 7) is 6.39. The van der Waals surface area contributed by atoms with Crippen molar-refractivity contribution >= 4 is 5.91 Å². The molecule has 2 saturated heterocycles. The third-order valence-corrected chi connectivity index (χ3v) is 4.44. The molecule has 114 valence electrons. The van der Waals surface area contributed by atoms with Gasteiger partial charge in [0.25, 0.3) is 0 Å². The van der Waals surface area contributed by atoms with Crippen LogP contribution in [0.25, 0.3) is 0 Å². The molecule has 1 aromatic rings. The van der Waals surface area contributed by atoms with Gasteiger partial charge in [-0.15, -0.1) is 0 Å². The van der Waals surface area contributed by atoms with Crippen molar-refractivity contribution in [3.8, 4) is 0 Å². The van der Waals surface area contributed by atoms with E-state index in [4.69, 9.17) is 0 Å². The first-order valence-corrected chi connectivity index (χ1v) is 7.95. The van der Waals surface area contributed by atoms with E-state index in [-0.39, 0.29) is 5.92 Å². The van der Waals surface area contributed by atoms with E-state index in [2.05, 4.69) is 21.3 Å². The molecule has 3 rings (SSSR count). The molecule has 0 radical (unpaired) electrons. The van der Waals surface area contributed by atoms with E-state index < -0.39 is 0 Å². The topological polar surface area (TPSA) is 48.5 Å². The van der Waals surface area contributed by atoms with Gasteiger partial charge >= 0.3 is 0 Å². The Morgan fingerprint density at radius 2 is 2.14 bits per heavy atom. The fourth-order valence-corrected chi connectivity index (χ4v) is 3.17. The van der Waals surface area contributed by atoms with Crippen LogP contribution in [0.5, 0.6) is 0 Å². The molecular weight excluding hydrogens is 264 g/mol. The molecular formula is C16H24N4O. The van der Waals surface area contributed by atoms with Gasteiger partial charge in [-0.05, 0) is 31.5 Å². The Labute approximate surface area is 126 Å². The van der Waals surface area contributed by atoms with Crippen molar-refractivity contribution in [2.45, 2.75) is 19.4 Å². The fraction of sp³-hybridized carbons (Fsp3) is 0.625. The summed E-state index contributed by atoms with van der Waals surface area (Å²) < 4.78 is 0. The number of hydrogen-bond donors (Lipinski definition) is 1. The van der Waals surface area contributed by atoms with Gasteiger partial charge < -0.3 is 10.2 Å². The van der Waals surface area contributed by atoms with Gasteiger partial charge in [0.05, 0.1) is 11.6 Å². The Morgan fingerprint density at radius 1 is 1.29 bits per heavy atom. The summed E-state index contributed by atoms with van der Waals surface area (Å²) >= 11 is 0. The summed E-state index contributed by atoms with van der Waals surface area (Å²) in [6, 6.07) is 6.03. The van der Waals surface area contributed by atoms with Gasteiger partial charge in [-0.1, -0.05) is 6.07 Å². The maximum atomic E-state index is 12.5. The molecule has 2 aliphatic heterocycles. The van der Waals surface area contributed by atoms with E-state index in [9.17, 15) is 4.79 Å². The number of nitrogens with one attached hydrogen (secondary N) is 1. The minimum atomic E-state index is 0.195. The van der Waals surface area contributed by atoms with Gasteiger partial charge in [0, 0.05) is 45.5 Å². The van der Waals surface area contributed by atoms with Gasteiger partial charge in [0.1, 0.15) is 0 Å². The second-order valence-corrected chi connectivity index (χ2v) is 5.97. The molecule has 0 unspecified atom stereocenters. The van der Waals surface area contributed by atoms with Gasteiger partial charge in [-0.3, -0.25) is 14.7 Å². The predicted molar refractivity (Wildman–Crippen MR) is 81.7 cm³/mol. The minimum absolute atomic E-state index is 0.195. The first-order valence-electron chi connectivity index (χ1n) is 7.95. The van der Waals surface area contributed by atoms with E-state index in [1.807, 2.05) is 23.2 Å². The zero-order valence-electron chi connectivity index (χ0n) is 12.5. The first kappa shape index (κ1) is 14.5. The summed E-state index contributed by atoms with van der Waals surface area (Å²) in [4.78, 5) is 21.3. The lowest BCUT2D eigenvalue weighted by atomic mass is 9.98. The number of rotatable bonds is 3. The van der Waals surface area contributed by atoms with Crippen molar-refractivity contribution in [2.24, 2.45) is 5.92 Å². The maximum Gasteiger partial charge on any atom is 0.227 e. The summed E-state index contributed by atoms with van der Waals surface area (Å²) in [7, 11) is 0. The van der Waals surface area contributed by atoms with Crippen molar-refractivity contribution in [2.75, 3.05) is 39.3 Å². The number of pyridine rings is 1. The number of nitrogens with zero attached hydrogens (tertiary/aromatic N) is 3. The highest BCUT2D eigenvalue weighted by molar-refractivity contribution is 5.79. The molecule has 3 heterocycles. The number of aromatic nitrogens is 1. The van der Waals surface area contributed by atoms with Gasteiger partial charge in [0.15, 0.2) is 0 Å². The third-order valence-electron chi connectivity index (χ3n) is 4.44. The van der Waals surface area contributed by atoms with Crippen molar-refractivity contribution in [3.63, 3.8) is 0 Å². The van der Waals surface area contributed by atoms with Crippen molar-refractivity contribution in [3.05, 3.63) is 30.1 Å². The van der Waals surface area contributed by atoms with Gasteiger partial charge in [-0.2, -0.15) is 0 Å². The molecule has 2 fully saturated rings. The molecule has 1 aromatic heterocycles. The molecule has 1 N–H and O–H groups in total. The average Bonchev–Trinajstić information content (AvgIpc) is 2.57. The molecule has 0 saturated carbocycles. The molecule has 0 aliphatic carbocycles. The number of piperazine rings is 1. The van der Waals surface area contributed by atoms with Crippen LogP contribution in [-0.2, 0) is 11.3 Å². The predicted octanol–water partition coefficient (Wildman–Crippen LogP) is 0.725. The smallest absolute Gasteiger partial charge is 0.227 e. The van der Waals surface area contributed by atoms with Crippen LogP contribution in [0.4, 0.5) is 0 Å². The average molecular weight is 288 g/mol. The zero-order valence-corrected chi connectivity index (χ0v) is 12.5. The molecule has 0 spiro atoms. The monoisotopic (exact) mass is 288 g/mol. The van der Waals surface area contributed by atoms with E-state index in [0.29, 0.717) is 5.91 Å². The molecule has 21 heavy (non-hydrogen) atoms. The third kappa shape index (κ3) is 3.80. The highest BCUT2D eigenvalue weighted by Gasteiger charge is 2.28. The molecule has 0 aromatic carbocycles. The molecule has 5 heteroatoms. The Bertz CT molecular complexity index is 451. The maximum absolute atomic E-state index is 12.5. The van der Waals surface area contributed by atoms with Crippen LogP contribution in [-0.4, -0.2) is 60.0 Å². The van der Waals surface area contributed by atoms with Gasteiger partial charge in [0.2, 0.25) is 5.91 Å². The summed E-state index contributed by atoms with van der Waals surface area (Å²) in [5.74, 6) is 0.542. The quantitative estimate of drug-likeness (QED) is 0.890. The number of carbonyl (C=O) groups is 1. The van der Waals surface area contributed by atoms with E-state index in [0.717, 1.165) is 64.3 Å². The number of hydrogen-bond acceptors (Lipinski definition) is 4. The Hall–Kier alpha value is -1.46. The first-order chi connectivity index (χ1) is 10.3. The Kier molecular flexibility index (Phi) is 4.83. The molecule has 2 aliphatic rings. The molecule has 1 amide bonds. The molecule has 1 atom stereocenters. The van der Waals surface area contributed by atoms with Gasteiger partial charge in [-0.25, -0.2) is 0 Å². The molecule has 5 nitrogen and oxygen atoms in total. The number of amides is 1. The van der Waals surface area contributed by atoms with Crippen LogP contribution in [0, 0.1) is 5.92 Å².